The number of hydrogen-bond acceptors (Lipinski definition) is 7. The van der Waals surface area contributed by atoms with Crippen LogP contribution in [0.3, 0.4) is 0 Å². The molecule has 166 valence electrons. The summed E-state index contributed by atoms with van der Waals surface area (Å²) in [6, 6.07) is 13.2. The average Bonchev–Trinajstić information content (AvgIpc) is 2.83. The van der Waals surface area contributed by atoms with E-state index in [1.807, 2.05) is 0 Å². The molecule has 7 nitrogen and oxygen atoms in total. The zero-order chi connectivity index (χ0) is 23.3. The van der Waals surface area contributed by atoms with Gasteiger partial charge in [0.25, 0.3) is 0 Å². The van der Waals surface area contributed by atoms with Gasteiger partial charge in [-0.05, 0) is 23.3 Å². The van der Waals surface area contributed by atoms with Gasteiger partial charge in [0.15, 0.2) is 6.04 Å². The quantitative estimate of drug-likeness (QED) is 0.505. The van der Waals surface area contributed by atoms with E-state index in [2.05, 4.69) is 0 Å². The maximum atomic E-state index is 13.5. The van der Waals surface area contributed by atoms with Crippen LogP contribution in [0.1, 0.15) is 23.1 Å². The Kier molecular flexibility index (Phi) is 7.04. The van der Waals surface area contributed by atoms with Gasteiger partial charge < -0.3 is 19.1 Å². The molecule has 0 aliphatic carbocycles. The number of methoxy groups -OCH3 is 3. The van der Waals surface area contributed by atoms with Gasteiger partial charge >= 0.3 is 17.9 Å². The van der Waals surface area contributed by atoms with Crippen LogP contribution in [0, 0.1) is 5.82 Å². The molecule has 0 spiro atoms. The van der Waals surface area contributed by atoms with Crippen molar-refractivity contribution in [3.8, 4) is 0 Å². The van der Waals surface area contributed by atoms with Crippen molar-refractivity contribution in [1.29, 1.82) is 0 Å². The summed E-state index contributed by atoms with van der Waals surface area (Å²) in [5, 5.41) is 0. The largest absolute Gasteiger partial charge is 0.467 e. The third-order valence-corrected chi connectivity index (χ3v) is 5.08. The zero-order valence-corrected chi connectivity index (χ0v) is 17.8. The van der Waals surface area contributed by atoms with Gasteiger partial charge in [-0.15, -0.1) is 0 Å². The molecule has 0 bridgehead atoms. The molecular weight excluding hydrogens is 417 g/mol. The predicted octanol–water partition coefficient (Wildman–Crippen LogP) is 3.25. The summed E-state index contributed by atoms with van der Waals surface area (Å²) in [6.07, 6.45) is 2.86. The first-order chi connectivity index (χ1) is 15.4. The van der Waals surface area contributed by atoms with Crippen LogP contribution < -0.4 is 0 Å². The fraction of sp³-hybridized carbons (Fsp3) is 0.208. The van der Waals surface area contributed by atoms with Crippen molar-refractivity contribution < 1.29 is 33.0 Å². The van der Waals surface area contributed by atoms with E-state index in [4.69, 9.17) is 14.2 Å². The van der Waals surface area contributed by atoms with E-state index in [1.54, 1.807) is 30.3 Å². The summed E-state index contributed by atoms with van der Waals surface area (Å²) in [4.78, 5) is 39.6. The maximum Gasteiger partial charge on any atom is 0.336 e. The van der Waals surface area contributed by atoms with Crippen LogP contribution in [0.25, 0.3) is 0 Å². The molecule has 0 fully saturated rings. The lowest BCUT2D eigenvalue weighted by atomic mass is 9.83. The molecule has 1 aliphatic heterocycles. The van der Waals surface area contributed by atoms with Crippen LogP contribution in [-0.4, -0.2) is 44.1 Å². The minimum atomic E-state index is -0.977. The Hall–Kier alpha value is -3.94. The summed E-state index contributed by atoms with van der Waals surface area (Å²) < 4.78 is 28.4. The van der Waals surface area contributed by atoms with Gasteiger partial charge in [0.1, 0.15) is 5.82 Å². The van der Waals surface area contributed by atoms with Crippen molar-refractivity contribution in [3.05, 3.63) is 95.1 Å². The molecule has 3 rings (SSSR count). The molecule has 0 saturated heterocycles. The summed E-state index contributed by atoms with van der Waals surface area (Å²) >= 11 is 0. The molecule has 0 N–H and O–H groups in total. The van der Waals surface area contributed by atoms with Gasteiger partial charge in [-0.2, -0.15) is 0 Å². The highest BCUT2D eigenvalue weighted by molar-refractivity contribution is 5.98. The molecule has 2 aromatic carbocycles. The van der Waals surface area contributed by atoms with E-state index in [-0.39, 0.29) is 11.1 Å². The topological polar surface area (TPSA) is 82.1 Å². The highest BCUT2D eigenvalue weighted by atomic mass is 19.1. The van der Waals surface area contributed by atoms with Gasteiger partial charge in [0, 0.05) is 12.4 Å². The Labute approximate surface area is 184 Å². The monoisotopic (exact) mass is 439 g/mol. The molecule has 0 saturated carbocycles. The number of carbonyl (C=O) groups excluding carboxylic acids is 3. The second-order valence-electron chi connectivity index (χ2n) is 6.92. The highest BCUT2D eigenvalue weighted by Crippen LogP contribution is 2.39. The molecule has 1 aliphatic rings. The fourth-order valence-electron chi connectivity index (χ4n) is 3.59. The molecule has 1 atom stereocenters. The lowest BCUT2D eigenvalue weighted by molar-refractivity contribution is -0.146. The fourth-order valence-corrected chi connectivity index (χ4v) is 3.59. The minimum Gasteiger partial charge on any atom is -0.467 e. The third-order valence-electron chi connectivity index (χ3n) is 5.08. The SMILES string of the molecule is COC(=O)C1=CN(C(C(=O)OC)c2ccccc2)C=C(C(=O)OC)C1c1ccc(F)cc1. The minimum absolute atomic E-state index is 0.0758. The molecule has 0 radical (unpaired) electrons. The van der Waals surface area contributed by atoms with Crippen LogP contribution in [0.2, 0.25) is 0 Å². The zero-order valence-electron chi connectivity index (χ0n) is 17.8. The van der Waals surface area contributed by atoms with E-state index in [1.165, 1.54) is 62.9 Å². The van der Waals surface area contributed by atoms with Crippen molar-refractivity contribution in [2.45, 2.75) is 12.0 Å². The molecule has 8 heteroatoms. The van der Waals surface area contributed by atoms with E-state index in [0.29, 0.717) is 11.1 Å². The molecule has 0 aromatic heterocycles. The van der Waals surface area contributed by atoms with Gasteiger partial charge in [-0.1, -0.05) is 42.5 Å². The van der Waals surface area contributed by atoms with Gasteiger partial charge in [-0.3, -0.25) is 0 Å². The first-order valence-electron chi connectivity index (χ1n) is 9.67. The number of rotatable bonds is 6. The van der Waals surface area contributed by atoms with Gasteiger partial charge in [0.2, 0.25) is 0 Å². The van der Waals surface area contributed by atoms with Crippen molar-refractivity contribution in [2.75, 3.05) is 21.3 Å². The summed E-state index contributed by atoms with van der Waals surface area (Å²) in [6.45, 7) is 0. The Morgan fingerprint density at radius 2 is 1.34 bits per heavy atom. The molecular formula is C24H22FNO6. The summed E-state index contributed by atoms with van der Waals surface area (Å²) in [7, 11) is 3.67. The van der Waals surface area contributed by atoms with E-state index in [0.717, 1.165) is 0 Å². The van der Waals surface area contributed by atoms with Crippen LogP contribution in [0.4, 0.5) is 4.39 Å². The smallest absolute Gasteiger partial charge is 0.336 e. The Bertz CT molecular complexity index is 1030. The van der Waals surface area contributed by atoms with Crippen molar-refractivity contribution in [1.82, 2.24) is 4.90 Å². The Morgan fingerprint density at radius 3 is 1.81 bits per heavy atom. The lowest BCUT2D eigenvalue weighted by Gasteiger charge is -2.33. The van der Waals surface area contributed by atoms with E-state index < -0.39 is 35.7 Å². The van der Waals surface area contributed by atoms with Gasteiger partial charge in [-0.25, -0.2) is 18.8 Å². The number of hydrogen-bond donors (Lipinski definition) is 0. The van der Waals surface area contributed by atoms with Crippen molar-refractivity contribution >= 4 is 17.9 Å². The Balaban J connectivity index is 2.21. The number of benzene rings is 2. The van der Waals surface area contributed by atoms with E-state index in [9.17, 15) is 18.8 Å². The second-order valence-corrected chi connectivity index (χ2v) is 6.92. The average molecular weight is 439 g/mol. The first-order valence-corrected chi connectivity index (χ1v) is 9.67. The van der Waals surface area contributed by atoms with Gasteiger partial charge in [0.05, 0.1) is 38.4 Å². The predicted molar refractivity (Wildman–Crippen MR) is 112 cm³/mol. The lowest BCUT2D eigenvalue weighted by Crippen LogP contribution is -2.34. The molecule has 0 amide bonds. The van der Waals surface area contributed by atoms with Crippen LogP contribution in [0.5, 0.6) is 0 Å². The number of carbonyl (C=O) groups is 3. The Morgan fingerprint density at radius 1 is 0.812 bits per heavy atom. The van der Waals surface area contributed by atoms with Crippen LogP contribution in [-0.2, 0) is 28.6 Å². The maximum absolute atomic E-state index is 13.5. The van der Waals surface area contributed by atoms with Crippen molar-refractivity contribution in [2.24, 2.45) is 0 Å². The summed E-state index contributed by atoms with van der Waals surface area (Å²) in [5.74, 6) is -3.38. The third kappa shape index (κ3) is 4.54. The first kappa shape index (κ1) is 22.7. The highest BCUT2D eigenvalue weighted by Gasteiger charge is 2.38. The van der Waals surface area contributed by atoms with Crippen LogP contribution >= 0.6 is 0 Å². The molecule has 2 aromatic rings. The molecule has 32 heavy (non-hydrogen) atoms. The number of ether oxygens (including phenoxy) is 3. The number of esters is 3. The number of nitrogens with zero attached hydrogens (tertiary/aromatic N) is 1. The van der Waals surface area contributed by atoms with Crippen molar-refractivity contribution in [3.63, 3.8) is 0 Å². The second kappa shape index (κ2) is 9.91. The standard InChI is InChI=1S/C24H22FNO6/c1-30-22(27)18-13-26(21(24(29)32-3)16-7-5-4-6-8-16)14-19(23(28)31-2)20(18)15-9-11-17(25)12-10-15/h4-14,20-21H,1-3H3. The van der Waals surface area contributed by atoms with E-state index >= 15 is 0 Å². The molecule has 1 unspecified atom stereocenters. The molecule has 1 heterocycles. The number of halogens is 1. The normalized spacial score (nSPS) is 14.7. The summed E-state index contributed by atoms with van der Waals surface area (Å²) in [5.41, 5.74) is 1.22. The van der Waals surface area contributed by atoms with Crippen LogP contribution in [0.15, 0.2) is 78.1 Å².